The fourth-order valence-corrected chi connectivity index (χ4v) is 4.61. The Morgan fingerprint density at radius 3 is 2.46 bits per heavy atom. The molecule has 2 aromatic rings. The second-order valence-corrected chi connectivity index (χ2v) is 7.49. The van der Waals surface area contributed by atoms with Crippen molar-refractivity contribution < 1.29 is 22.8 Å². The Morgan fingerprint density at radius 1 is 1.14 bits per heavy atom. The fourth-order valence-electron chi connectivity index (χ4n) is 4.44. The second-order valence-electron chi connectivity index (χ2n) is 7.05. The zero-order chi connectivity index (χ0) is 20.3. The van der Waals surface area contributed by atoms with Crippen LogP contribution in [0.3, 0.4) is 0 Å². The highest BCUT2D eigenvalue weighted by atomic mass is 35.5. The van der Waals surface area contributed by atoms with Crippen molar-refractivity contribution in [3.63, 3.8) is 0 Å². The molecule has 0 N–H and O–H groups in total. The van der Waals surface area contributed by atoms with Gasteiger partial charge in [-0.25, -0.2) is 0 Å². The third kappa shape index (κ3) is 2.60. The molecule has 0 aliphatic carbocycles. The van der Waals surface area contributed by atoms with Gasteiger partial charge in [0.05, 0.1) is 0 Å². The van der Waals surface area contributed by atoms with Crippen LogP contribution in [0, 0.1) is 0 Å². The van der Waals surface area contributed by atoms with Crippen molar-refractivity contribution >= 4 is 29.1 Å². The van der Waals surface area contributed by atoms with Gasteiger partial charge in [0.15, 0.2) is 5.54 Å². The molecule has 146 valence electrons. The molecular formula is C20H16ClF3N2O2. The number of anilines is 1. The molecule has 1 saturated heterocycles. The van der Waals surface area contributed by atoms with Crippen LogP contribution in [0.2, 0.25) is 5.02 Å². The topological polar surface area (TPSA) is 40.6 Å². The van der Waals surface area contributed by atoms with Gasteiger partial charge < -0.3 is 9.80 Å². The molecule has 4 rings (SSSR count). The summed E-state index contributed by atoms with van der Waals surface area (Å²) < 4.78 is 40.1. The first kappa shape index (κ1) is 18.8. The third-order valence-corrected chi connectivity index (χ3v) is 5.75. The van der Waals surface area contributed by atoms with Gasteiger partial charge in [0.1, 0.15) is 6.54 Å². The molecule has 8 heteroatoms. The number of carbonyl (C=O) groups excluding carboxylic acids is 2. The van der Waals surface area contributed by atoms with Crippen molar-refractivity contribution in [1.82, 2.24) is 4.90 Å². The normalized spacial score (nSPS) is 24.4. The van der Waals surface area contributed by atoms with Crippen molar-refractivity contribution in [3.05, 3.63) is 64.7 Å². The monoisotopic (exact) mass is 408 g/mol. The van der Waals surface area contributed by atoms with Crippen LogP contribution in [0.4, 0.5) is 18.9 Å². The molecule has 2 aromatic carbocycles. The summed E-state index contributed by atoms with van der Waals surface area (Å²) in [7, 11) is 1.50. The van der Waals surface area contributed by atoms with Crippen molar-refractivity contribution in [2.24, 2.45) is 0 Å². The van der Waals surface area contributed by atoms with Gasteiger partial charge in [0.2, 0.25) is 5.91 Å². The van der Waals surface area contributed by atoms with Crippen LogP contribution in [0.25, 0.3) is 0 Å². The molecule has 0 unspecified atom stereocenters. The van der Waals surface area contributed by atoms with E-state index in [4.69, 9.17) is 11.6 Å². The van der Waals surface area contributed by atoms with E-state index >= 15 is 0 Å². The van der Waals surface area contributed by atoms with Gasteiger partial charge in [-0.3, -0.25) is 9.59 Å². The van der Waals surface area contributed by atoms with E-state index < -0.39 is 36.0 Å². The average molecular weight is 409 g/mol. The van der Waals surface area contributed by atoms with Gasteiger partial charge >= 0.3 is 6.18 Å². The maximum Gasteiger partial charge on any atom is 0.406 e. The van der Waals surface area contributed by atoms with Gasteiger partial charge in [-0.1, -0.05) is 41.9 Å². The minimum Gasteiger partial charge on any atom is -0.314 e. The largest absolute Gasteiger partial charge is 0.406 e. The van der Waals surface area contributed by atoms with E-state index in [1.54, 1.807) is 42.5 Å². The van der Waals surface area contributed by atoms with Gasteiger partial charge in [-0.15, -0.1) is 0 Å². The third-order valence-electron chi connectivity index (χ3n) is 5.51. The number of hydrogen-bond acceptors (Lipinski definition) is 2. The van der Waals surface area contributed by atoms with Crippen LogP contribution >= 0.6 is 11.6 Å². The number of likely N-dealkylation sites (tertiary alicyclic amines) is 1. The molecule has 2 amide bonds. The van der Waals surface area contributed by atoms with Crippen molar-refractivity contribution in [2.45, 2.75) is 24.1 Å². The maximum atomic E-state index is 13.4. The number of rotatable bonds is 2. The van der Waals surface area contributed by atoms with Crippen LogP contribution in [-0.2, 0) is 15.1 Å². The Kier molecular flexibility index (Phi) is 4.19. The highest BCUT2D eigenvalue weighted by molar-refractivity contribution is 6.31. The number of benzene rings is 2. The minimum atomic E-state index is -4.64. The first-order valence-electron chi connectivity index (χ1n) is 8.66. The molecule has 0 aromatic heterocycles. The zero-order valence-electron chi connectivity index (χ0n) is 14.8. The fraction of sp³-hybridized carbons (Fsp3) is 0.300. The predicted molar refractivity (Wildman–Crippen MR) is 98.1 cm³/mol. The smallest absolute Gasteiger partial charge is 0.314 e. The molecule has 2 atom stereocenters. The number of hydrogen-bond donors (Lipinski definition) is 0. The molecule has 1 fully saturated rings. The predicted octanol–water partition coefficient (Wildman–Crippen LogP) is 4.09. The SMILES string of the molecule is CN1C(=O)[C@@]2(c3cc(Cl)ccc31)[C@@H](c1ccccc1)CC(=O)N2CC(F)(F)F. The summed E-state index contributed by atoms with van der Waals surface area (Å²) in [5.41, 5.74) is -0.355. The minimum absolute atomic E-state index is 0.189. The van der Waals surface area contributed by atoms with Crippen LogP contribution in [0.15, 0.2) is 48.5 Å². The number of halogens is 4. The molecule has 4 nitrogen and oxygen atoms in total. The maximum absolute atomic E-state index is 13.4. The highest BCUT2D eigenvalue weighted by Crippen LogP contribution is 2.57. The van der Waals surface area contributed by atoms with Gasteiger partial charge in [0.25, 0.3) is 5.91 Å². The summed E-state index contributed by atoms with van der Waals surface area (Å²) in [5.74, 6) is -2.02. The number of alkyl halides is 3. The first-order valence-corrected chi connectivity index (χ1v) is 9.04. The van der Waals surface area contributed by atoms with Gasteiger partial charge in [0, 0.05) is 35.7 Å². The number of nitrogens with zero attached hydrogens (tertiary/aromatic N) is 2. The molecule has 0 bridgehead atoms. The summed E-state index contributed by atoms with van der Waals surface area (Å²) in [6.07, 6.45) is -4.83. The summed E-state index contributed by atoms with van der Waals surface area (Å²) in [5, 5.41) is 0.291. The molecular weight excluding hydrogens is 393 g/mol. The van der Waals surface area contributed by atoms with Crippen molar-refractivity contribution in [1.29, 1.82) is 0 Å². The lowest BCUT2D eigenvalue weighted by Gasteiger charge is -2.38. The highest BCUT2D eigenvalue weighted by Gasteiger charge is 2.65. The Labute approximate surface area is 164 Å². The lowest BCUT2D eigenvalue weighted by molar-refractivity contribution is -0.170. The molecule has 0 radical (unpaired) electrons. The van der Waals surface area contributed by atoms with Gasteiger partial charge in [-0.2, -0.15) is 13.2 Å². The second kappa shape index (κ2) is 6.24. The molecule has 2 aliphatic rings. The Bertz CT molecular complexity index is 964. The lowest BCUT2D eigenvalue weighted by atomic mass is 9.75. The first-order chi connectivity index (χ1) is 13.2. The Balaban J connectivity index is 2.01. The number of carbonyl (C=O) groups is 2. The van der Waals surface area contributed by atoms with Crippen LogP contribution < -0.4 is 4.90 Å². The van der Waals surface area contributed by atoms with E-state index in [9.17, 15) is 22.8 Å². The van der Waals surface area contributed by atoms with Crippen LogP contribution in [0.1, 0.15) is 23.5 Å². The summed E-state index contributed by atoms with van der Waals surface area (Å²) in [4.78, 5) is 28.2. The summed E-state index contributed by atoms with van der Waals surface area (Å²) in [6, 6.07) is 13.4. The van der Waals surface area contributed by atoms with E-state index in [0.717, 1.165) is 0 Å². The van der Waals surface area contributed by atoms with Crippen molar-refractivity contribution in [3.8, 4) is 0 Å². The molecule has 2 aliphatic heterocycles. The Morgan fingerprint density at radius 2 is 1.82 bits per heavy atom. The average Bonchev–Trinajstić information content (AvgIpc) is 3.03. The van der Waals surface area contributed by atoms with E-state index in [-0.39, 0.29) is 6.42 Å². The molecule has 2 heterocycles. The summed E-state index contributed by atoms with van der Waals surface area (Å²) >= 11 is 6.14. The lowest BCUT2D eigenvalue weighted by Crippen LogP contribution is -2.55. The van der Waals surface area contributed by atoms with Crippen molar-refractivity contribution in [2.75, 3.05) is 18.5 Å². The van der Waals surface area contributed by atoms with E-state index in [1.807, 2.05) is 0 Å². The van der Waals surface area contributed by atoms with Crippen LogP contribution in [0.5, 0.6) is 0 Å². The number of amides is 2. The quantitative estimate of drug-likeness (QED) is 0.751. The Hall–Kier alpha value is -2.54. The standard InChI is InChI=1S/C20H16ClF3N2O2/c1-25-16-8-7-13(21)9-15(16)20(18(25)28)14(12-5-3-2-4-6-12)10-17(27)26(20)11-19(22,23)24/h2-9,14H,10-11H2,1H3/t14-,20+/m1/s1. The molecule has 0 saturated carbocycles. The van der Waals surface area contributed by atoms with E-state index in [1.165, 1.54) is 18.0 Å². The number of likely N-dealkylation sites (N-methyl/N-ethyl adjacent to an activating group) is 1. The van der Waals surface area contributed by atoms with E-state index in [2.05, 4.69) is 0 Å². The number of fused-ring (bicyclic) bond motifs is 2. The van der Waals surface area contributed by atoms with Gasteiger partial charge in [-0.05, 0) is 23.8 Å². The van der Waals surface area contributed by atoms with E-state index in [0.29, 0.717) is 26.7 Å². The molecule has 1 spiro atoms. The zero-order valence-corrected chi connectivity index (χ0v) is 15.6. The summed E-state index contributed by atoms with van der Waals surface area (Å²) in [6.45, 7) is -1.50. The molecule has 28 heavy (non-hydrogen) atoms. The van der Waals surface area contributed by atoms with Crippen LogP contribution in [-0.4, -0.2) is 36.5 Å².